The van der Waals surface area contributed by atoms with E-state index in [1.165, 1.54) is 11.3 Å². The quantitative estimate of drug-likeness (QED) is 0.699. The maximum Gasteiger partial charge on any atom is 0.280 e. The van der Waals surface area contributed by atoms with Gasteiger partial charge in [0, 0.05) is 31.4 Å². The number of hydrogen-bond acceptors (Lipinski definition) is 5. The van der Waals surface area contributed by atoms with Gasteiger partial charge in [-0.3, -0.25) is 14.4 Å². The lowest BCUT2D eigenvalue weighted by Gasteiger charge is -2.21. The Balaban J connectivity index is 1.97. The molecule has 0 N–H and O–H groups in total. The number of likely N-dealkylation sites (N-methyl/N-ethyl adjacent to an activating group) is 1. The van der Waals surface area contributed by atoms with Crippen molar-refractivity contribution in [2.45, 2.75) is 0 Å². The third-order valence-electron chi connectivity index (χ3n) is 3.52. The van der Waals surface area contributed by atoms with E-state index in [1.54, 1.807) is 35.0 Å². The molecule has 0 bridgehead atoms. The number of halogens is 1. The van der Waals surface area contributed by atoms with Gasteiger partial charge >= 0.3 is 0 Å². The van der Waals surface area contributed by atoms with E-state index in [2.05, 4.69) is 10.1 Å². The third kappa shape index (κ3) is 3.58. The van der Waals surface area contributed by atoms with Crippen molar-refractivity contribution in [2.24, 2.45) is 7.05 Å². The smallest absolute Gasteiger partial charge is 0.280 e. The second-order valence-electron chi connectivity index (χ2n) is 5.74. The Hall–Kier alpha value is -1.96. The zero-order valence-corrected chi connectivity index (χ0v) is 15.3. The van der Waals surface area contributed by atoms with Gasteiger partial charge < -0.3 is 4.90 Å². The van der Waals surface area contributed by atoms with Gasteiger partial charge in [0.2, 0.25) is 0 Å². The molecule has 0 aliphatic rings. The summed E-state index contributed by atoms with van der Waals surface area (Å²) in [4.78, 5) is 21.2. The van der Waals surface area contributed by atoms with Crippen LogP contribution in [0.3, 0.4) is 0 Å². The van der Waals surface area contributed by atoms with Gasteiger partial charge in [-0.05, 0) is 38.4 Å². The lowest BCUT2D eigenvalue weighted by atomic mass is 10.3. The monoisotopic (exact) mass is 363 g/mol. The molecule has 0 aliphatic heterocycles. The molecular weight excluding hydrogens is 346 g/mol. The first-order valence-electron chi connectivity index (χ1n) is 7.46. The number of anilines is 1. The maximum atomic E-state index is 12.9. The normalized spacial score (nSPS) is 11.4. The zero-order chi connectivity index (χ0) is 17.3. The molecule has 3 aromatic rings. The number of carbonyl (C=O) groups is 1. The van der Waals surface area contributed by atoms with Crippen LogP contribution in [0.25, 0.3) is 10.2 Å². The fourth-order valence-corrected chi connectivity index (χ4v) is 3.52. The van der Waals surface area contributed by atoms with Crippen molar-refractivity contribution in [2.75, 3.05) is 32.1 Å². The lowest BCUT2D eigenvalue weighted by Crippen LogP contribution is -2.37. The number of amides is 1. The van der Waals surface area contributed by atoms with Gasteiger partial charge in [-0.2, -0.15) is 5.10 Å². The molecule has 0 radical (unpaired) electrons. The van der Waals surface area contributed by atoms with E-state index in [0.29, 0.717) is 22.4 Å². The van der Waals surface area contributed by atoms with Gasteiger partial charge in [-0.15, -0.1) is 0 Å². The summed E-state index contributed by atoms with van der Waals surface area (Å²) in [5.41, 5.74) is 1.25. The number of nitrogens with zero attached hydrogens (tertiary/aromatic N) is 5. The van der Waals surface area contributed by atoms with Crippen LogP contribution >= 0.6 is 22.9 Å². The molecule has 8 heteroatoms. The average Bonchev–Trinajstić information content (AvgIpc) is 3.12. The minimum atomic E-state index is -0.150. The van der Waals surface area contributed by atoms with Crippen molar-refractivity contribution in [1.82, 2.24) is 19.7 Å². The molecule has 2 heterocycles. The van der Waals surface area contributed by atoms with Gasteiger partial charge in [0.1, 0.15) is 0 Å². The fourth-order valence-electron chi connectivity index (χ4n) is 2.25. The molecule has 1 aromatic carbocycles. The highest BCUT2D eigenvalue weighted by Crippen LogP contribution is 2.31. The molecule has 0 spiro atoms. The van der Waals surface area contributed by atoms with E-state index >= 15 is 0 Å². The number of aryl methyl sites for hydroxylation is 1. The predicted molar refractivity (Wildman–Crippen MR) is 98.1 cm³/mol. The van der Waals surface area contributed by atoms with Gasteiger partial charge in [0.25, 0.3) is 5.91 Å². The van der Waals surface area contributed by atoms with Crippen LogP contribution in [0, 0.1) is 0 Å². The highest BCUT2D eigenvalue weighted by atomic mass is 35.5. The molecule has 0 aliphatic carbocycles. The van der Waals surface area contributed by atoms with Gasteiger partial charge in [0.15, 0.2) is 10.8 Å². The van der Waals surface area contributed by atoms with Crippen LogP contribution in [0.15, 0.2) is 30.5 Å². The summed E-state index contributed by atoms with van der Waals surface area (Å²) in [6.07, 6.45) is 1.76. The molecule has 3 rings (SSSR count). The summed E-state index contributed by atoms with van der Waals surface area (Å²) in [5.74, 6) is -0.150. The summed E-state index contributed by atoms with van der Waals surface area (Å²) >= 11 is 7.51. The Morgan fingerprint density at radius 2 is 2.08 bits per heavy atom. The van der Waals surface area contributed by atoms with Crippen molar-refractivity contribution in [1.29, 1.82) is 0 Å². The van der Waals surface area contributed by atoms with E-state index in [-0.39, 0.29) is 5.91 Å². The van der Waals surface area contributed by atoms with Crippen molar-refractivity contribution in [3.05, 3.63) is 41.2 Å². The largest absolute Gasteiger partial charge is 0.308 e. The SMILES string of the molecule is CN(C)CCN(C(=O)c1ccn(C)n1)c1nc2ccc(Cl)cc2s1. The molecule has 6 nitrogen and oxygen atoms in total. The Labute approximate surface area is 149 Å². The lowest BCUT2D eigenvalue weighted by molar-refractivity contribution is 0.0979. The van der Waals surface area contributed by atoms with Crippen molar-refractivity contribution < 1.29 is 4.79 Å². The van der Waals surface area contributed by atoms with E-state index in [1.807, 2.05) is 31.1 Å². The van der Waals surface area contributed by atoms with Gasteiger partial charge in [0.05, 0.1) is 10.2 Å². The third-order valence-corrected chi connectivity index (χ3v) is 4.80. The Bertz CT molecular complexity index is 872. The molecular formula is C16H18ClN5OS. The first kappa shape index (κ1) is 16.9. The van der Waals surface area contributed by atoms with Crippen molar-refractivity contribution >= 4 is 44.2 Å². The number of aromatic nitrogens is 3. The van der Waals surface area contributed by atoms with E-state index < -0.39 is 0 Å². The van der Waals surface area contributed by atoms with Crippen LogP contribution in [-0.2, 0) is 7.05 Å². The minimum absolute atomic E-state index is 0.150. The molecule has 0 atom stereocenters. The Morgan fingerprint density at radius 3 is 2.75 bits per heavy atom. The van der Waals surface area contributed by atoms with Gasteiger partial charge in [-0.1, -0.05) is 22.9 Å². The number of rotatable bonds is 5. The predicted octanol–water partition coefficient (Wildman–Crippen LogP) is 2.89. The number of fused-ring (bicyclic) bond motifs is 1. The first-order valence-corrected chi connectivity index (χ1v) is 8.66. The summed E-state index contributed by atoms with van der Waals surface area (Å²) in [5, 5.41) is 5.54. The van der Waals surface area contributed by atoms with Crippen LogP contribution < -0.4 is 4.90 Å². The van der Waals surface area contributed by atoms with Crippen LogP contribution in [-0.4, -0.2) is 52.8 Å². The summed E-state index contributed by atoms with van der Waals surface area (Å²) in [6.45, 7) is 1.27. The molecule has 2 aromatic heterocycles. The first-order chi connectivity index (χ1) is 11.4. The fraction of sp³-hybridized carbons (Fsp3) is 0.312. The minimum Gasteiger partial charge on any atom is -0.308 e. The highest BCUT2D eigenvalue weighted by molar-refractivity contribution is 7.22. The average molecular weight is 364 g/mol. The van der Waals surface area contributed by atoms with E-state index in [0.717, 1.165) is 16.8 Å². The van der Waals surface area contributed by atoms with E-state index in [9.17, 15) is 4.79 Å². The summed E-state index contributed by atoms with van der Waals surface area (Å²) in [7, 11) is 5.74. The molecule has 0 saturated carbocycles. The van der Waals surface area contributed by atoms with Crippen LogP contribution in [0.5, 0.6) is 0 Å². The topological polar surface area (TPSA) is 54.3 Å². The van der Waals surface area contributed by atoms with Crippen molar-refractivity contribution in [3.8, 4) is 0 Å². The van der Waals surface area contributed by atoms with Crippen LogP contribution in [0.2, 0.25) is 5.02 Å². The summed E-state index contributed by atoms with van der Waals surface area (Å²) < 4.78 is 2.58. The number of carbonyl (C=O) groups excluding carboxylic acids is 1. The van der Waals surface area contributed by atoms with E-state index in [4.69, 9.17) is 11.6 Å². The highest BCUT2D eigenvalue weighted by Gasteiger charge is 2.23. The molecule has 24 heavy (non-hydrogen) atoms. The molecule has 1 amide bonds. The zero-order valence-electron chi connectivity index (χ0n) is 13.7. The van der Waals surface area contributed by atoms with Crippen molar-refractivity contribution in [3.63, 3.8) is 0 Å². The molecule has 0 unspecified atom stereocenters. The molecule has 0 fully saturated rings. The standard InChI is InChI=1S/C16H18ClN5OS/c1-20(2)8-9-22(15(23)13-6-7-21(3)19-13)16-18-12-5-4-11(17)10-14(12)24-16/h4-7,10H,8-9H2,1-3H3. The van der Waals surface area contributed by atoms with Crippen LogP contribution in [0.1, 0.15) is 10.5 Å². The second kappa shape index (κ2) is 6.88. The molecule has 0 saturated heterocycles. The Kier molecular flexibility index (Phi) is 4.84. The summed E-state index contributed by atoms with van der Waals surface area (Å²) in [6, 6.07) is 7.26. The number of hydrogen-bond donors (Lipinski definition) is 0. The number of benzene rings is 1. The maximum absolute atomic E-state index is 12.9. The van der Waals surface area contributed by atoms with Crippen LogP contribution in [0.4, 0.5) is 5.13 Å². The second-order valence-corrected chi connectivity index (χ2v) is 7.19. The number of thiazole rings is 1. The molecule has 126 valence electrons. The Morgan fingerprint density at radius 1 is 1.29 bits per heavy atom. The van der Waals surface area contributed by atoms with Gasteiger partial charge in [-0.25, -0.2) is 4.98 Å².